The molecule has 1 fully saturated rings. The molecular weight excluding hydrogens is 389 g/mol. The van der Waals surface area contributed by atoms with Crippen LogP contribution in [0.5, 0.6) is 0 Å². The van der Waals surface area contributed by atoms with Crippen LogP contribution in [0.25, 0.3) is 0 Å². The average molecular weight is 409 g/mol. The van der Waals surface area contributed by atoms with Crippen molar-refractivity contribution in [3.05, 3.63) is 82.3 Å². The van der Waals surface area contributed by atoms with E-state index in [0.29, 0.717) is 43.1 Å². The highest BCUT2D eigenvalue weighted by atomic mass is 32.1. The number of anilines is 2. The molecule has 1 saturated heterocycles. The smallest absolute Gasteiger partial charge is 0.264 e. The molecule has 148 valence electrons. The Kier molecular flexibility index (Phi) is 5.57. The third kappa shape index (κ3) is 4.30. The fourth-order valence-corrected chi connectivity index (χ4v) is 4.00. The van der Waals surface area contributed by atoms with Gasteiger partial charge in [0.05, 0.1) is 16.1 Å². The molecule has 29 heavy (non-hydrogen) atoms. The van der Waals surface area contributed by atoms with E-state index in [1.807, 2.05) is 35.7 Å². The Balaban J connectivity index is 1.44. The minimum absolute atomic E-state index is 0.0190. The molecule has 1 aliphatic heterocycles. The van der Waals surface area contributed by atoms with E-state index >= 15 is 0 Å². The number of carbonyl (C=O) groups excluding carboxylic acids is 2. The first-order chi connectivity index (χ1) is 14.1. The number of thiophene rings is 1. The standard InChI is InChI=1S/C22H20FN3O2S/c23-16-7-9-17(10-8-16)24-19-5-2-1-4-18(19)21(27)25-11-13-26(14-12-25)22(28)20-6-3-15-29-20/h1-10,15,24H,11-14H2. The van der Waals surface area contributed by atoms with Crippen LogP contribution in [0.15, 0.2) is 66.0 Å². The first kappa shape index (κ1) is 19.1. The Bertz CT molecular complexity index is 997. The largest absolute Gasteiger partial charge is 0.355 e. The van der Waals surface area contributed by atoms with E-state index in [2.05, 4.69) is 5.32 Å². The van der Waals surface area contributed by atoms with Gasteiger partial charge < -0.3 is 15.1 Å². The molecule has 0 unspecified atom stereocenters. The zero-order chi connectivity index (χ0) is 20.2. The maximum Gasteiger partial charge on any atom is 0.264 e. The molecule has 0 radical (unpaired) electrons. The van der Waals surface area contributed by atoms with Crippen molar-refractivity contribution in [2.24, 2.45) is 0 Å². The van der Waals surface area contributed by atoms with Crippen LogP contribution in [0.2, 0.25) is 0 Å². The fourth-order valence-electron chi connectivity index (χ4n) is 3.31. The van der Waals surface area contributed by atoms with Gasteiger partial charge in [-0.05, 0) is 47.8 Å². The predicted molar refractivity (Wildman–Crippen MR) is 112 cm³/mol. The van der Waals surface area contributed by atoms with Crippen LogP contribution in [-0.2, 0) is 0 Å². The normalized spacial score (nSPS) is 14.0. The second-order valence-corrected chi connectivity index (χ2v) is 7.69. The van der Waals surface area contributed by atoms with Crippen molar-refractivity contribution in [2.75, 3.05) is 31.5 Å². The zero-order valence-electron chi connectivity index (χ0n) is 15.7. The summed E-state index contributed by atoms with van der Waals surface area (Å²) in [6, 6.07) is 17.0. The van der Waals surface area contributed by atoms with Gasteiger partial charge in [-0.15, -0.1) is 11.3 Å². The lowest BCUT2D eigenvalue weighted by atomic mass is 10.1. The summed E-state index contributed by atoms with van der Waals surface area (Å²) in [5.41, 5.74) is 1.93. The molecule has 0 spiro atoms. The van der Waals surface area contributed by atoms with Crippen molar-refractivity contribution in [3.63, 3.8) is 0 Å². The molecule has 0 saturated carbocycles. The van der Waals surface area contributed by atoms with Crippen LogP contribution in [0.3, 0.4) is 0 Å². The van der Waals surface area contributed by atoms with Gasteiger partial charge >= 0.3 is 0 Å². The summed E-state index contributed by atoms with van der Waals surface area (Å²) in [6.07, 6.45) is 0. The first-order valence-electron chi connectivity index (χ1n) is 9.35. The van der Waals surface area contributed by atoms with Crippen molar-refractivity contribution in [1.29, 1.82) is 0 Å². The zero-order valence-corrected chi connectivity index (χ0v) is 16.5. The number of hydrogen-bond acceptors (Lipinski definition) is 4. The van der Waals surface area contributed by atoms with Gasteiger partial charge in [-0.3, -0.25) is 9.59 Å². The molecule has 7 heteroatoms. The summed E-state index contributed by atoms with van der Waals surface area (Å²) in [5, 5.41) is 5.07. The van der Waals surface area contributed by atoms with E-state index in [9.17, 15) is 14.0 Å². The van der Waals surface area contributed by atoms with Gasteiger partial charge in [0.2, 0.25) is 0 Å². The third-order valence-electron chi connectivity index (χ3n) is 4.87. The van der Waals surface area contributed by atoms with Crippen LogP contribution in [0.1, 0.15) is 20.0 Å². The van der Waals surface area contributed by atoms with Crippen LogP contribution in [-0.4, -0.2) is 47.8 Å². The van der Waals surface area contributed by atoms with Crippen molar-refractivity contribution < 1.29 is 14.0 Å². The number of benzene rings is 2. The highest BCUT2D eigenvalue weighted by molar-refractivity contribution is 7.12. The summed E-state index contributed by atoms with van der Waals surface area (Å²) in [6.45, 7) is 1.99. The lowest BCUT2D eigenvalue weighted by molar-refractivity contribution is 0.0538. The van der Waals surface area contributed by atoms with Gasteiger partial charge in [0.25, 0.3) is 11.8 Å². The second-order valence-electron chi connectivity index (χ2n) is 6.74. The summed E-state index contributed by atoms with van der Waals surface area (Å²) >= 11 is 1.43. The van der Waals surface area contributed by atoms with Gasteiger partial charge in [0, 0.05) is 31.9 Å². The van der Waals surface area contributed by atoms with E-state index in [1.165, 1.54) is 23.5 Å². The summed E-state index contributed by atoms with van der Waals surface area (Å²) in [4.78, 5) is 29.9. The van der Waals surface area contributed by atoms with Gasteiger partial charge in [0.15, 0.2) is 0 Å². The van der Waals surface area contributed by atoms with Crippen LogP contribution in [0, 0.1) is 5.82 Å². The number of hydrogen-bond donors (Lipinski definition) is 1. The Morgan fingerprint density at radius 3 is 2.14 bits per heavy atom. The Morgan fingerprint density at radius 1 is 0.828 bits per heavy atom. The minimum Gasteiger partial charge on any atom is -0.355 e. The molecule has 0 bridgehead atoms. The van der Waals surface area contributed by atoms with Crippen LogP contribution in [0.4, 0.5) is 15.8 Å². The molecule has 1 N–H and O–H groups in total. The van der Waals surface area contributed by atoms with Crippen LogP contribution < -0.4 is 5.32 Å². The Morgan fingerprint density at radius 2 is 1.48 bits per heavy atom. The van der Waals surface area contributed by atoms with Gasteiger partial charge in [0.1, 0.15) is 5.82 Å². The number of carbonyl (C=O) groups is 2. The Hall–Kier alpha value is -3.19. The Labute approximate surface area is 172 Å². The van der Waals surface area contributed by atoms with Gasteiger partial charge in [-0.25, -0.2) is 4.39 Å². The number of amides is 2. The molecule has 1 aliphatic rings. The van der Waals surface area contributed by atoms with E-state index < -0.39 is 0 Å². The maximum absolute atomic E-state index is 13.1. The topological polar surface area (TPSA) is 52.7 Å². The highest BCUT2D eigenvalue weighted by Gasteiger charge is 2.26. The summed E-state index contributed by atoms with van der Waals surface area (Å²) in [5.74, 6) is -0.376. The van der Waals surface area contributed by atoms with Crippen LogP contribution >= 0.6 is 11.3 Å². The van der Waals surface area contributed by atoms with Crippen molar-refractivity contribution in [1.82, 2.24) is 9.80 Å². The molecule has 0 aliphatic carbocycles. The van der Waals surface area contributed by atoms with Crippen molar-refractivity contribution in [2.45, 2.75) is 0 Å². The third-order valence-corrected chi connectivity index (χ3v) is 5.72. The number of piperazine rings is 1. The number of rotatable bonds is 4. The molecule has 4 rings (SSSR count). The maximum atomic E-state index is 13.1. The van der Waals surface area contributed by atoms with E-state index in [1.54, 1.807) is 28.0 Å². The van der Waals surface area contributed by atoms with Crippen molar-refractivity contribution in [3.8, 4) is 0 Å². The molecule has 5 nitrogen and oxygen atoms in total. The molecule has 2 heterocycles. The quantitative estimate of drug-likeness (QED) is 0.702. The number of halogens is 1. The number of nitrogens with zero attached hydrogens (tertiary/aromatic N) is 2. The van der Waals surface area contributed by atoms with E-state index in [-0.39, 0.29) is 17.6 Å². The average Bonchev–Trinajstić information content (AvgIpc) is 3.30. The number of para-hydroxylation sites is 1. The highest BCUT2D eigenvalue weighted by Crippen LogP contribution is 2.23. The van der Waals surface area contributed by atoms with E-state index in [0.717, 1.165) is 4.88 Å². The second kappa shape index (κ2) is 8.45. The summed E-state index contributed by atoms with van der Waals surface area (Å²) in [7, 11) is 0. The summed E-state index contributed by atoms with van der Waals surface area (Å²) < 4.78 is 13.1. The molecule has 3 aromatic rings. The van der Waals surface area contributed by atoms with Crippen molar-refractivity contribution >= 4 is 34.5 Å². The monoisotopic (exact) mass is 409 g/mol. The minimum atomic E-state index is -0.310. The fraction of sp³-hybridized carbons (Fsp3) is 0.182. The predicted octanol–water partition coefficient (Wildman–Crippen LogP) is 4.23. The van der Waals surface area contributed by atoms with Gasteiger partial charge in [-0.1, -0.05) is 18.2 Å². The lowest BCUT2D eigenvalue weighted by Crippen LogP contribution is -2.50. The lowest BCUT2D eigenvalue weighted by Gasteiger charge is -2.35. The SMILES string of the molecule is O=C(c1cccs1)N1CCN(C(=O)c2ccccc2Nc2ccc(F)cc2)CC1. The molecule has 0 atom stereocenters. The number of nitrogens with one attached hydrogen (secondary N) is 1. The molecular formula is C22H20FN3O2S. The first-order valence-corrected chi connectivity index (χ1v) is 10.2. The molecule has 1 aromatic heterocycles. The molecule has 2 aromatic carbocycles. The molecule has 2 amide bonds. The van der Waals surface area contributed by atoms with Gasteiger partial charge in [-0.2, -0.15) is 0 Å². The van der Waals surface area contributed by atoms with E-state index in [4.69, 9.17) is 0 Å².